The first-order chi connectivity index (χ1) is 10.5. The van der Waals surface area contributed by atoms with Gasteiger partial charge in [0, 0.05) is 20.3 Å². The number of ether oxygens (including phenoxy) is 1. The number of aliphatic hydroxyl groups excluding tert-OH is 2. The average Bonchev–Trinajstić information content (AvgIpc) is 2.38. The smallest absolute Gasteiger partial charge is 0.335 e. The van der Waals surface area contributed by atoms with Gasteiger partial charge in [-0.3, -0.25) is 9.59 Å². The summed E-state index contributed by atoms with van der Waals surface area (Å²) in [6, 6.07) is -1.97. The molecule has 9 nitrogen and oxygen atoms in total. The van der Waals surface area contributed by atoms with E-state index in [0.29, 0.717) is 0 Å². The molecule has 2 amide bonds. The van der Waals surface area contributed by atoms with Gasteiger partial charge in [0.15, 0.2) is 5.60 Å². The molecule has 1 unspecified atom stereocenters. The average molecular weight is 332 g/mol. The van der Waals surface area contributed by atoms with Gasteiger partial charge in [0.2, 0.25) is 11.8 Å². The normalized spacial score (nSPS) is 33.4. The number of carbonyl (C=O) groups excluding carboxylic acids is 2. The van der Waals surface area contributed by atoms with E-state index in [-0.39, 0.29) is 6.42 Å². The molecule has 0 aromatic carbocycles. The summed E-state index contributed by atoms with van der Waals surface area (Å²) < 4.78 is 5.59. The first-order valence-corrected chi connectivity index (χ1v) is 7.29. The molecule has 0 spiro atoms. The molecular weight excluding hydrogens is 308 g/mol. The number of amides is 2. The molecule has 0 aliphatic carbocycles. The van der Waals surface area contributed by atoms with Gasteiger partial charge in [-0.1, -0.05) is 0 Å². The Bertz CT molecular complexity index is 464. The molecular formula is C14H24N2O7. The first kappa shape index (κ1) is 19.3. The quantitative estimate of drug-likeness (QED) is 0.406. The molecule has 1 aliphatic heterocycles. The van der Waals surface area contributed by atoms with Crippen LogP contribution < -0.4 is 10.6 Å². The Kier molecular flexibility index (Phi) is 6.09. The van der Waals surface area contributed by atoms with Crippen molar-refractivity contribution in [1.82, 2.24) is 10.6 Å². The van der Waals surface area contributed by atoms with Crippen LogP contribution in [0.4, 0.5) is 0 Å². The highest BCUT2D eigenvalue weighted by atomic mass is 16.5. The van der Waals surface area contributed by atoms with E-state index in [1.54, 1.807) is 0 Å². The number of carboxylic acids is 1. The van der Waals surface area contributed by atoms with Crippen LogP contribution in [0.15, 0.2) is 0 Å². The van der Waals surface area contributed by atoms with Crippen LogP contribution in [-0.2, 0) is 19.1 Å². The summed E-state index contributed by atoms with van der Waals surface area (Å²) in [6.07, 6.45) is -3.67. The van der Waals surface area contributed by atoms with Gasteiger partial charge in [0.25, 0.3) is 0 Å². The van der Waals surface area contributed by atoms with Crippen molar-refractivity contribution in [3.63, 3.8) is 0 Å². The van der Waals surface area contributed by atoms with Crippen LogP contribution in [0.25, 0.3) is 0 Å². The SMILES string of the molecule is CC(=O)N[C@H]1C([C@H](NC(C)=O)[C@@H](C)O)O[C@@](C)(C(=O)O)C[C@H]1O. The fraction of sp³-hybridized carbons (Fsp3) is 0.786. The summed E-state index contributed by atoms with van der Waals surface area (Å²) in [6.45, 7) is 5.17. The van der Waals surface area contributed by atoms with Crippen molar-refractivity contribution in [1.29, 1.82) is 0 Å². The number of carboxylic acid groups (broad SMARTS) is 1. The van der Waals surface area contributed by atoms with Gasteiger partial charge in [-0.05, 0) is 13.8 Å². The number of aliphatic carboxylic acids is 1. The van der Waals surface area contributed by atoms with Gasteiger partial charge < -0.3 is 30.7 Å². The summed E-state index contributed by atoms with van der Waals surface area (Å²) in [5.74, 6) is -2.19. The van der Waals surface area contributed by atoms with E-state index < -0.39 is 53.8 Å². The molecule has 0 bridgehead atoms. The maximum atomic E-state index is 11.4. The van der Waals surface area contributed by atoms with E-state index in [9.17, 15) is 29.7 Å². The molecule has 0 radical (unpaired) electrons. The van der Waals surface area contributed by atoms with Crippen molar-refractivity contribution >= 4 is 17.8 Å². The topological polar surface area (TPSA) is 145 Å². The lowest BCUT2D eigenvalue weighted by Crippen LogP contribution is -2.68. The zero-order valence-electron chi connectivity index (χ0n) is 13.6. The van der Waals surface area contributed by atoms with Crippen molar-refractivity contribution < 1.29 is 34.4 Å². The summed E-state index contributed by atoms with van der Waals surface area (Å²) >= 11 is 0. The van der Waals surface area contributed by atoms with E-state index in [1.807, 2.05) is 0 Å². The van der Waals surface area contributed by atoms with Crippen molar-refractivity contribution in [2.24, 2.45) is 0 Å². The predicted octanol–water partition coefficient (Wildman–Crippen LogP) is -1.63. The second-order valence-corrected chi connectivity index (χ2v) is 6.08. The molecule has 9 heteroatoms. The van der Waals surface area contributed by atoms with Crippen LogP contribution in [0.5, 0.6) is 0 Å². The predicted molar refractivity (Wildman–Crippen MR) is 78.4 cm³/mol. The van der Waals surface area contributed by atoms with Crippen molar-refractivity contribution in [2.45, 2.75) is 70.1 Å². The van der Waals surface area contributed by atoms with Crippen molar-refractivity contribution in [3.8, 4) is 0 Å². The Morgan fingerprint density at radius 1 is 1.26 bits per heavy atom. The maximum absolute atomic E-state index is 11.4. The van der Waals surface area contributed by atoms with Crippen molar-refractivity contribution in [2.75, 3.05) is 0 Å². The molecule has 0 aromatic rings. The fourth-order valence-electron chi connectivity index (χ4n) is 2.73. The monoisotopic (exact) mass is 332 g/mol. The second kappa shape index (κ2) is 7.24. The number of hydrogen-bond acceptors (Lipinski definition) is 6. The molecule has 1 aliphatic rings. The zero-order chi connectivity index (χ0) is 17.9. The molecule has 6 atom stereocenters. The standard InChI is InChI=1S/C14H24N2O7/c1-6(17)10(15-7(2)18)12-11(16-8(3)19)9(20)5-14(4,23-12)13(21)22/h6,9-12,17,20H,5H2,1-4H3,(H,15,18)(H,16,19)(H,21,22)/t6-,9-,10-,11-,12?,14-/m1/s1. The Morgan fingerprint density at radius 2 is 1.83 bits per heavy atom. The lowest BCUT2D eigenvalue weighted by molar-refractivity contribution is -0.207. The minimum absolute atomic E-state index is 0.240. The number of carbonyl (C=O) groups is 3. The molecule has 132 valence electrons. The molecule has 1 heterocycles. The molecule has 1 rings (SSSR count). The number of hydrogen-bond donors (Lipinski definition) is 5. The second-order valence-electron chi connectivity index (χ2n) is 6.08. The summed E-state index contributed by atoms with van der Waals surface area (Å²) in [7, 11) is 0. The molecule has 0 aromatic heterocycles. The Balaban J connectivity index is 3.21. The van der Waals surface area contributed by atoms with E-state index in [2.05, 4.69) is 10.6 Å². The third kappa shape index (κ3) is 4.63. The van der Waals surface area contributed by atoms with Crippen LogP contribution in [0.2, 0.25) is 0 Å². The van der Waals surface area contributed by atoms with E-state index in [4.69, 9.17) is 4.74 Å². The number of nitrogens with one attached hydrogen (secondary N) is 2. The van der Waals surface area contributed by atoms with Crippen LogP contribution in [0, 0.1) is 0 Å². The highest BCUT2D eigenvalue weighted by molar-refractivity contribution is 5.78. The van der Waals surface area contributed by atoms with E-state index in [1.165, 1.54) is 27.7 Å². The highest BCUT2D eigenvalue weighted by Gasteiger charge is 2.52. The van der Waals surface area contributed by atoms with Crippen LogP contribution in [0.1, 0.15) is 34.1 Å². The molecule has 1 fully saturated rings. The lowest BCUT2D eigenvalue weighted by Gasteiger charge is -2.47. The largest absolute Gasteiger partial charge is 0.479 e. The molecule has 23 heavy (non-hydrogen) atoms. The molecule has 5 N–H and O–H groups in total. The van der Waals surface area contributed by atoms with Crippen LogP contribution in [0.3, 0.4) is 0 Å². The third-order valence-electron chi connectivity index (χ3n) is 3.83. The van der Waals surface area contributed by atoms with Gasteiger partial charge in [0.1, 0.15) is 6.10 Å². The number of rotatable bonds is 5. The molecule has 1 saturated heterocycles. The number of aliphatic hydroxyl groups is 2. The minimum atomic E-state index is -1.70. The van der Waals surface area contributed by atoms with Crippen LogP contribution in [-0.4, -0.2) is 69.1 Å². The highest BCUT2D eigenvalue weighted by Crippen LogP contribution is 2.32. The first-order valence-electron chi connectivity index (χ1n) is 7.29. The zero-order valence-corrected chi connectivity index (χ0v) is 13.6. The Hall–Kier alpha value is -1.71. The molecule has 0 saturated carbocycles. The third-order valence-corrected chi connectivity index (χ3v) is 3.83. The van der Waals surface area contributed by atoms with E-state index in [0.717, 1.165) is 0 Å². The summed E-state index contributed by atoms with van der Waals surface area (Å²) in [5, 5.41) is 34.5. The Labute approximate surface area is 134 Å². The van der Waals surface area contributed by atoms with Crippen molar-refractivity contribution in [3.05, 3.63) is 0 Å². The van der Waals surface area contributed by atoms with Gasteiger partial charge >= 0.3 is 5.97 Å². The van der Waals surface area contributed by atoms with E-state index >= 15 is 0 Å². The van der Waals surface area contributed by atoms with Gasteiger partial charge in [-0.2, -0.15) is 0 Å². The van der Waals surface area contributed by atoms with Gasteiger partial charge in [-0.15, -0.1) is 0 Å². The fourth-order valence-corrected chi connectivity index (χ4v) is 2.73. The lowest BCUT2D eigenvalue weighted by atomic mass is 9.83. The summed E-state index contributed by atoms with van der Waals surface area (Å²) in [4.78, 5) is 34.2. The van der Waals surface area contributed by atoms with Gasteiger partial charge in [0.05, 0.1) is 24.3 Å². The summed E-state index contributed by atoms with van der Waals surface area (Å²) in [5.41, 5.74) is -1.70. The maximum Gasteiger partial charge on any atom is 0.335 e. The van der Waals surface area contributed by atoms with Gasteiger partial charge in [-0.25, -0.2) is 4.79 Å². The van der Waals surface area contributed by atoms with Crippen LogP contribution >= 0.6 is 0 Å². The Morgan fingerprint density at radius 3 is 2.22 bits per heavy atom. The minimum Gasteiger partial charge on any atom is -0.479 e.